The first kappa shape index (κ1) is 15.5. The second-order valence-electron chi connectivity index (χ2n) is 5.40. The zero-order chi connectivity index (χ0) is 16.8. The van der Waals surface area contributed by atoms with Crippen molar-refractivity contribution in [3.8, 4) is 6.07 Å². The van der Waals surface area contributed by atoms with Crippen LogP contribution in [0, 0.1) is 11.3 Å². The molecule has 0 aromatic heterocycles. The summed E-state index contributed by atoms with van der Waals surface area (Å²) in [5.41, 5.74) is 2.81. The molecule has 3 rings (SSSR count). The van der Waals surface area contributed by atoms with E-state index in [1.54, 1.807) is 12.1 Å². The van der Waals surface area contributed by atoms with Crippen molar-refractivity contribution in [1.82, 2.24) is 0 Å². The van der Waals surface area contributed by atoms with E-state index in [1.165, 1.54) is 0 Å². The van der Waals surface area contributed by atoms with Gasteiger partial charge < -0.3 is 5.32 Å². The summed E-state index contributed by atoms with van der Waals surface area (Å²) >= 11 is 0. The number of hydrogen-bond acceptors (Lipinski definition) is 2. The van der Waals surface area contributed by atoms with Crippen molar-refractivity contribution in [3.63, 3.8) is 0 Å². The lowest BCUT2D eigenvalue weighted by atomic mass is 9.87. The number of carbonyl (C=O) groups excluding carboxylic acids is 1. The van der Waals surface area contributed by atoms with Crippen LogP contribution >= 0.6 is 0 Å². The first-order chi connectivity index (χ1) is 11.8. The zero-order valence-electron chi connectivity index (χ0n) is 13.0. The van der Waals surface area contributed by atoms with Gasteiger partial charge in [-0.1, -0.05) is 66.7 Å². The number of para-hydroxylation sites is 1. The van der Waals surface area contributed by atoms with Crippen molar-refractivity contribution < 1.29 is 4.79 Å². The van der Waals surface area contributed by atoms with Crippen molar-refractivity contribution in [2.45, 2.75) is 5.92 Å². The monoisotopic (exact) mass is 312 g/mol. The average Bonchev–Trinajstić information content (AvgIpc) is 2.64. The van der Waals surface area contributed by atoms with Crippen molar-refractivity contribution in [1.29, 1.82) is 5.26 Å². The highest BCUT2D eigenvalue weighted by Crippen LogP contribution is 2.28. The fourth-order valence-electron chi connectivity index (χ4n) is 2.70. The quantitative estimate of drug-likeness (QED) is 0.779. The topological polar surface area (TPSA) is 52.9 Å². The molecule has 1 unspecified atom stereocenters. The molecule has 0 saturated heterocycles. The molecule has 3 nitrogen and oxygen atoms in total. The Labute approximate surface area is 141 Å². The molecule has 0 fully saturated rings. The van der Waals surface area contributed by atoms with E-state index in [-0.39, 0.29) is 5.91 Å². The molecule has 1 atom stereocenters. The summed E-state index contributed by atoms with van der Waals surface area (Å²) in [6, 6.07) is 28.3. The lowest BCUT2D eigenvalue weighted by Crippen LogP contribution is -2.23. The molecule has 0 aliphatic heterocycles. The van der Waals surface area contributed by atoms with Crippen LogP contribution in [0.15, 0.2) is 84.9 Å². The van der Waals surface area contributed by atoms with Gasteiger partial charge in [0.25, 0.3) is 0 Å². The maximum Gasteiger partial charge on any atom is 0.236 e. The Kier molecular flexibility index (Phi) is 4.69. The maximum absolute atomic E-state index is 13.0. The molecule has 0 aliphatic carbocycles. The third-order valence-electron chi connectivity index (χ3n) is 3.83. The molecule has 0 radical (unpaired) electrons. The largest absolute Gasteiger partial charge is 0.325 e. The van der Waals surface area contributed by atoms with Crippen LogP contribution in [-0.4, -0.2) is 5.91 Å². The molecule has 0 saturated carbocycles. The highest BCUT2D eigenvalue weighted by Gasteiger charge is 2.25. The zero-order valence-corrected chi connectivity index (χ0v) is 13.0. The molecule has 3 aromatic carbocycles. The van der Waals surface area contributed by atoms with Gasteiger partial charge in [-0.25, -0.2) is 0 Å². The fraction of sp³-hybridized carbons (Fsp3) is 0.0476. The lowest BCUT2D eigenvalue weighted by Gasteiger charge is -2.19. The minimum absolute atomic E-state index is 0.157. The number of nitrogens with zero attached hydrogens (tertiary/aromatic N) is 1. The molecular weight excluding hydrogens is 296 g/mol. The molecular formula is C21H16N2O. The summed E-state index contributed by atoms with van der Waals surface area (Å²) in [5, 5.41) is 12.3. The van der Waals surface area contributed by atoms with Crippen LogP contribution in [0.25, 0.3) is 0 Å². The van der Waals surface area contributed by atoms with Crippen LogP contribution in [0.3, 0.4) is 0 Å². The number of rotatable bonds is 4. The van der Waals surface area contributed by atoms with Crippen LogP contribution in [0.2, 0.25) is 0 Å². The number of carbonyl (C=O) groups is 1. The molecule has 0 heterocycles. The summed E-state index contributed by atoms with van der Waals surface area (Å²) in [6.07, 6.45) is 0. The van der Waals surface area contributed by atoms with Gasteiger partial charge in [0.15, 0.2) is 0 Å². The number of hydrogen-bond donors (Lipinski definition) is 1. The van der Waals surface area contributed by atoms with Gasteiger partial charge in [-0.05, 0) is 29.3 Å². The summed E-state index contributed by atoms with van der Waals surface area (Å²) in [4.78, 5) is 13.0. The maximum atomic E-state index is 13.0. The highest BCUT2D eigenvalue weighted by atomic mass is 16.1. The van der Waals surface area contributed by atoms with E-state index in [1.807, 2.05) is 72.8 Å². The predicted molar refractivity (Wildman–Crippen MR) is 94.5 cm³/mol. The van der Waals surface area contributed by atoms with Gasteiger partial charge in [-0.2, -0.15) is 5.26 Å². The fourth-order valence-corrected chi connectivity index (χ4v) is 2.70. The van der Waals surface area contributed by atoms with Gasteiger partial charge in [0.1, 0.15) is 0 Å². The van der Waals surface area contributed by atoms with Crippen LogP contribution in [0.4, 0.5) is 5.69 Å². The molecule has 0 spiro atoms. The minimum atomic E-state index is -0.540. The molecule has 116 valence electrons. The Hall–Kier alpha value is -3.38. The Morgan fingerprint density at radius 2 is 1.42 bits per heavy atom. The lowest BCUT2D eigenvalue weighted by molar-refractivity contribution is -0.116. The van der Waals surface area contributed by atoms with E-state index in [2.05, 4.69) is 11.4 Å². The van der Waals surface area contributed by atoms with Gasteiger partial charge in [-0.15, -0.1) is 0 Å². The minimum Gasteiger partial charge on any atom is -0.325 e. The van der Waals surface area contributed by atoms with Gasteiger partial charge in [0.2, 0.25) is 5.91 Å². The summed E-state index contributed by atoms with van der Waals surface area (Å²) < 4.78 is 0. The summed E-state index contributed by atoms with van der Waals surface area (Å²) in [5.74, 6) is -0.697. The Morgan fingerprint density at radius 1 is 0.833 bits per heavy atom. The van der Waals surface area contributed by atoms with Gasteiger partial charge in [-0.3, -0.25) is 4.79 Å². The molecule has 0 aliphatic rings. The Bertz CT molecular complexity index is 867. The van der Waals surface area contributed by atoms with E-state index < -0.39 is 5.92 Å². The van der Waals surface area contributed by atoms with Gasteiger partial charge in [0, 0.05) is 5.69 Å². The first-order valence-electron chi connectivity index (χ1n) is 7.69. The second kappa shape index (κ2) is 7.26. The van der Waals surface area contributed by atoms with E-state index in [0.717, 1.165) is 11.3 Å². The van der Waals surface area contributed by atoms with Gasteiger partial charge in [0.05, 0.1) is 17.6 Å². The first-order valence-corrected chi connectivity index (χ1v) is 7.69. The van der Waals surface area contributed by atoms with E-state index in [9.17, 15) is 10.1 Å². The number of nitrogens with one attached hydrogen (secondary N) is 1. The number of anilines is 1. The van der Waals surface area contributed by atoms with Crippen molar-refractivity contribution in [2.75, 3.05) is 5.32 Å². The normalized spacial score (nSPS) is 11.3. The molecule has 0 bridgehead atoms. The van der Waals surface area contributed by atoms with Crippen molar-refractivity contribution >= 4 is 11.6 Å². The summed E-state index contributed by atoms with van der Waals surface area (Å²) in [6.45, 7) is 0. The van der Waals surface area contributed by atoms with Crippen LogP contribution in [-0.2, 0) is 4.79 Å². The standard InChI is InChI=1S/C21H16N2O/c22-15-17-11-7-8-14-19(17)20(16-9-3-1-4-10-16)21(24)23-18-12-5-2-6-13-18/h1-14,20H,(H,23,24). The molecule has 1 amide bonds. The van der Waals surface area contributed by atoms with E-state index >= 15 is 0 Å². The van der Waals surface area contributed by atoms with Crippen LogP contribution in [0.1, 0.15) is 22.6 Å². The van der Waals surface area contributed by atoms with Crippen molar-refractivity contribution in [3.05, 3.63) is 102 Å². The van der Waals surface area contributed by atoms with E-state index in [4.69, 9.17) is 0 Å². The van der Waals surface area contributed by atoms with Gasteiger partial charge >= 0.3 is 0 Å². The third-order valence-corrected chi connectivity index (χ3v) is 3.83. The van der Waals surface area contributed by atoms with E-state index in [0.29, 0.717) is 11.1 Å². The van der Waals surface area contributed by atoms with Crippen molar-refractivity contribution in [2.24, 2.45) is 0 Å². The highest BCUT2D eigenvalue weighted by molar-refractivity contribution is 5.98. The molecule has 24 heavy (non-hydrogen) atoms. The smallest absolute Gasteiger partial charge is 0.236 e. The van der Waals surface area contributed by atoms with Crippen LogP contribution in [0.5, 0.6) is 0 Å². The Morgan fingerprint density at radius 3 is 2.08 bits per heavy atom. The molecule has 3 heteroatoms. The average molecular weight is 312 g/mol. The summed E-state index contributed by atoms with van der Waals surface area (Å²) in [7, 11) is 0. The second-order valence-corrected chi connectivity index (χ2v) is 5.40. The molecule has 3 aromatic rings. The predicted octanol–water partition coefficient (Wildman–Crippen LogP) is 4.33. The third kappa shape index (κ3) is 3.34. The number of benzene rings is 3. The number of nitriles is 1. The van der Waals surface area contributed by atoms with Crippen LogP contribution < -0.4 is 5.32 Å². The SMILES string of the molecule is N#Cc1ccccc1C(C(=O)Nc1ccccc1)c1ccccc1. The molecule has 1 N–H and O–H groups in total. The Balaban J connectivity index is 2.03. The number of amides is 1.